The average molecular weight is 281 g/mol. The van der Waals surface area contributed by atoms with Crippen LogP contribution in [0.5, 0.6) is 0 Å². The predicted octanol–water partition coefficient (Wildman–Crippen LogP) is 1.25. The van der Waals surface area contributed by atoms with E-state index in [-0.39, 0.29) is 5.41 Å². The number of tetrazole rings is 1. The van der Waals surface area contributed by atoms with E-state index in [0.29, 0.717) is 6.61 Å². The van der Waals surface area contributed by atoms with Gasteiger partial charge in [0.2, 0.25) is 0 Å². The van der Waals surface area contributed by atoms with Gasteiger partial charge in [0.1, 0.15) is 5.82 Å². The third-order valence-electron chi connectivity index (χ3n) is 4.41. The highest BCUT2D eigenvalue weighted by molar-refractivity contribution is 4.86. The molecule has 6 heteroatoms. The highest BCUT2D eigenvalue weighted by Crippen LogP contribution is 2.34. The van der Waals surface area contributed by atoms with Gasteiger partial charge >= 0.3 is 0 Å². The van der Waals surface area contributed by atoms with Crippen LogP contribution in [0.1, 0.15) is 44.9 Å². The predicted molar refractivity (Wildman–Crippen MR) is 77.3 cm³/mol. The monoisotopic (exact) mass is 281 g/mol. The molecule has 1 saturated heterocycles. The molecular formula is C14H27N5O. The standard InChI is InChI=1S/C14H27N5O/c1-3-6-14(12-20)7-4-8-18(11-14)9-5-10-19-13(2)15-16-17-19/h20H,3-12H2,1-2H3/t14-/m0/s1. The summed E-state index contributed by atoms with van der Waals surface area (Å²) in [6.45, 7) is 8.57. The van der Waals surface area contributed by atoms with Crippen molar-refractivity contribution in [2.75, 3.05) is 26.2 Å². The summed E-state index contributed by atoms with van der Waals surface area (Å²) in [5.74, 6) is 0.874. The largest absolute Gasteiger partial charge is 0.396 e. The van der Waals surface area contributed by atoms with E-state index >= 15 is 0 Å². The summed E-state index contributed by atoms with van der Waals surface area (Å²) in [6, 6.07) is 0. The number of hydrogen-bond donors (Lipinski definition) is 1. The van der Waals surface area contributed by atoms with Crippen LogP contribution in [0.25, 0.3) is 0 Å². The molecule has 1 atom stereocenters. The molecule has 0 aliphatic carbocycles. The number of aliphatic hydroxyl groups is 1. The number of nitrogens with zero attached hydrogens (tertiary/aromatic N) is 5. The minimum atomic E-state index is 0.137. The first-order chi connectivity index (χ1) is 9.69. The molecule has 0 spiro atoms. The molecule has 0 bridgehead atoms. The molecule has 0 aromatic carbocycles. The highest BCUT2D eigenvalue weighted by Gasteiger charge is 2.33. The van der Waals surface area contributed by atoms with Gasteiger partial charge < -0.3 is 10.0 Å². The second-order valence-corrected chi connectivity index (χ2v) is 6.09. The van der Waals surface area contributed by atoms with E-state index in [1.807, 2.05) is 11.6 Å². The average Bonchev–Trinajstić information content (AvgIpc) is 2.85. The van der Waals surface area contributed by atoms with Crippen molar-refractivity contribution in [3.8, 4) is 0 Å². The van der Waals surface area contributed by atoms with E-state index in [1.54, 1.807) is 0 Å². The summed E-state index contributed by atoms with van der Waals surface area (Å²) < 4.78 is 1.86. The molecule has 0 unspecified atom stereocenters. The summed E-state index contributed by atoms with van der Waals surface area (Å²) >= 11 is 0. The molecule has 1 aliphatic rings. The Balaban J connectivity index is 1.79. The number of rotatable bonds is 7. The maximum Gasteiger partial charge on any atom is 0.148 e. The van der Waals surface area contributed by atoms with Crippen LogP contribution in [-0.2, 0) is 6.54 Å². The van der Waals surface area contributed by atoms with Crippen molar-refractivity contribution in [3.63, 3.8) is 0 Å². The lowest BCUT2D eigenvalue weighted by Crippen LogP contribution is -2.45. The molecule has 1 N–H and O–H groups in total. The van der Waals surface area contributed by atoms with Crippen LogP contribution in [0.3, 0.4) is 0 Å². The van der Waals surface area contributed by atoms with Gasteiger partial charge in [-0.1, -0.05) is 13.3 Å². The number of aromatic nitrogens is 4. The van der Waals surface area contributed by atoms with E-state index in [0.717, 1.165) is 51.3 Å². The van der Waals surface area contributed by atoms with Crippen LogP contribution in [0.15, 0.2) is 0 Å². The summed E-state index contributed by atoms with van der Waals surface area (Å²) in [6.07, 6.45) is 5.70. The van der Waals surface area contributed by atoms with Crippen molar-refractivity contribution in [1.82, 2.24) is 25.1 Å². The molecule has 114 valence electrons. The van der Waals surface area contributed by atoms with Crippen molar-refractivity contribution in [2.24, 2.45) is 5.41 Å². The number of likely N-dealkylation sites (tertiary alicyclic amines) is 1. The topological polar surface area (TPSA) is 67.1 Å². The smallest absolute Gasteiger partial charge is 0.148 e. The summed E-state index contributed by atoms with van der Waals surface area (Å²) in [5.41, 5.74) is 0.137. The molecular weight excluding hydrogens is 254 g/mol. The fourth-order valence-electron chi connectivity index (χ4n) is 3.34. The van der Waals surface area contributed by atoms with Crippen LogP contribution in [0.4, 0.5) is 0 Å². The molecule has 1 aliphatic heterocycles. The number of aliphatic hydroxyl groups excluding tert-OH is 1. The number of piperidine rings is 1. The molecule has 1 aromatic rings. The molecule has 0 amide bonds. The molecule has 1 fully saturated rings. The Morgan fingerprint density at radius 2 is 2.20 bits per heavy atom. The fraction of sp³-hybridized carbons (Fsp3) is 0.929. The third kappa shape index (κ3) is 3.76. The minimum absolute atomic E-state index is 0.137. The molecule has 1 aromatic heterocycles. The van der Waals surface area contributed by atoms with Gasteiger partial charge in [0.15, 0.2) is 0 Å². The zero-order chi connectivity index (χ0) is 14.4. The van der Waals surface area contributed by atoms with Crippen LogP contribution in [0, 0.1) is 12.3 Å². The Kier molecular flexibility index (Phi) is 5.48. The van der Waals surface area contributed by atoms with Crippen LogP contribution < -0.4 is 0 Å². The summed E-state index contributed by atoms with van der Waals surface area (Å²) in [5, 5.41) is 21.3. The van der Waals surface area contributed by atoms with Crippen molar-refractivity contribution in [3.05, 3.63) is 5.82 Å². The van der Waals surface area contributed by atoms with Gasteiger partial charge in [0, 0.05) is 25.1 Å². The van der Waals surface area contributed by atoms with E-state index < -0.39 is 0 Å². The van der Waals surface area contributed by atoms with Gasteiger partial charge in [0.05, 0.1) is 0 Å². The van der Waals surface area contributed by atoms with Gasteiger partial charge in [-0.2, -0.15) is 0 Å². The van der Waals surface area contributed by atoms with E-state index in [1.165, 1.54) is 12.8 Å². The Hall–Kier alpha value is -1.01. The van der Waals surface area contributed by atoms with E-state index in [2.05, 4.69) is 27.3 Å². The number of hydrogen-bond acceptors (Lipinski definition) is 5. The number of aryl methyl sites for hydroxylation is 2. The molecule has 20 heavy (non-hydrogen) atoms. The molecule has 2 heterocycles. The van der Waals surface area contributed by atoms with E-state index in [9.17, 15) is 5.11 Å². The van der Waals surface area contributed by atoms with Crippen molar-refractivity contribution in [1.29, 1.82) is 0 Å². The summed E-state index contributed by atoms with van der Waals surface area (Å²) in [4.78, 5) is 2.50. The van der Waals surface area contributed by atoms with E-state index in [4.69, 9.17) is 0 Å². The van der Waals surface area contributed by atoms with Gasteiger partial charge in [-0.25, -0.2) is 4.68 Å². The Morgan fingerprint density at radius 1 is 1.35 bits per heavy atom. The zero-order valence-electron chi connectivity index (χ0n) is 12.8. The first-order valence-electron chi connectivity index (χ1n) is 7.75. The molecule has 6 nitrogen and oxygen atoms in total. The van der Waals surface area contributed by atoms with Crippen molar-refractivity contribution in [2.45, 2.75) is 52.5 Å². The van der Waals surface area contributed by atoms with Gasteiger partial charge in [-0.05, 0) is 56.1 Å². The lowest BCUT2D eigenvalue weighted by molar-refractivity contribution is 0.0241. The zero-order valence-corrected chi connectivity index (χ0v) is 12.8. The first-order valence-corrected chi connectivity index (χ1v) is 7.75. The van der Waals surface area contributed by atoms with Crippen LogP contribution in [-0.4, -0.2) is 56.5 Å². The third-order valence-corrected chi connectivity index (χ3v) is 4.41. The van der Waals surface area contributed by atoms with Gasteiger partial charge in [0.25, 0.3) is 0 Å². The Labute approximate surface area is 121 Å². The maximum absolute atomic E-state index is 9.75. The molecule has 0 saturated carbocycles. The quantitative estimate of drug-likeness (QED) is 0.814. The summed E-state index contributed by atoms with van der Waals surface area (Å²) in [7, 11) is 0. The van der Waals surface area contributed by atoms with Gasteiger partial charge in [-0.3, -0.25) is 0 Å². The van der Waals surface area contributed by atoms with Gasteiger partial charge in [-0.15, -0.1) is 5.10 Å². The highest BCUT2D eigenvalue weighted by atomic mass is 16.3. The van der Waals surface area contributed by atoms with Crippen molar-refractivity contribution >= 4 is 0 Å². The lowest BCUT2D eigenvalue weighted by Gasteiger charge is -2.42. The maximum atomic E-state index is 9.75. The lowest BCUT2D eigenvalue weighted by atomic mass is 9.77. The molecule has 0 radical (unpaired) electrons. The Bertz CT molecular complexity index is 404. The normalized spacial score (nSPS) is 24.1. The van der Waals surface area contributed by atoms with Crippen LogP contribution >= 0.6 is 0 Å². The molecule has 2 rings (SSSR count). The Morgan fingerprint density at radius 3 is 2.85 bits per heavy atom. The fourth-order valence-corrected chi connectivity index (χ4v) is 3.34. The van der Waals surface area contributed by atoms with Crippen LogP contribution in [0.2, 0.25) is 0 Å². The second kappa shape index (κ2) is 7.13. The SMILES string of the molecule is CCC[C@]1(CO)CCCN(CCCn2nnnc2C)C1. The first kappa shape index (κ1) is 15.4. The second-order valence-electron chi connectivity index (χ2n) is 6.09. The van der Waals surface area contributed by atoms with Crippen molar-refractivity contribution < 1.29 is 5.11 Å². The minimum Gasteiger partial charge on any atom is -0.396 e.